The maximum Gasteiger partial charge on any atom is 0.119 e. The van der Waals surface area contributed by atoms with Gasteiger partial charge in [0.1, 0.15) is 18.5 Å². The maximum atomic E-state index is 5.63. The summed E-state index contributed by atoms with van der Waals surface area (Å²) in [6.07, 6.45) is 1.28. The van der Waals surface area contributed by atoms with Crippen molar-refractivity contribution in [2.45, 2.75) is 19.4 Å². The van der Waals surface area contributed by atoms with E-state index in [4.69, 9.17) is 9.47 Å². The normalized spacial score (nSPS) is 17.2. The van der Waals surface area contributed by atoms with E-state index in [2.05, 4.69) is 43.3 Å². The Labute approximate surface area is 114 Å². The summed E-state index contributed by atoms with van der Waals surface area (Å²) in [4.78, 5) is 0. The van der Waals surface area contributed by atoms with Crippen molar-refractivity contribution in [1.29, 1.82) is 0 Å². The van der Waals surface area contributed by atoms with Gasteiger partial charge in [0.25, 0.3) is 0 Å². The standard InChI is InChI=1S/C17H18O2/c1-13-2-4-14(5-3-13)10-15-6-8-16(9-7-15)18-11-17-12-19-17/h2-9,17H,10-12H2,1H3. The van der Waals surface area contributed by atoms with Crippen molar-refractivity contribution in [3.63, 3.8) is 0 Å². The van der Waals surface area contributed by atoms with Crippen LogP contribution in [0.4, 0.5) is 0 Å². The van der Waals surface area contributed by atoms with Gasteiger partial charge in [-0.2, -0.15) is 0 Å². The van der Waals surface area contributed by atoms with Crippen LogP contribution >= 0.6 is 0 Å². The lowest BCUT2D eigenvalue weighted by atomic mass is 10.0. The van der Waals surface area contributed by atoms with Gasteiger partial charge in [-0.15, -0.1) is 0 Å². The van der Waals surface area contributed by atoms with Crippen molar-refractivity contribution in [3.8, 4) is 5.75 Å². The minimum absolute atomic E-state index is 0.312. The van der Waals surface area contributed by atoms with Crippen LogP contribution in [0.1, 0.15) is 16.7 Å². The third-order valence-electron chi connectivity index (χ3n) is 3.29. The topological polar surface area (TPSA) is 21.8 Å². The molecule has 0 aromatic heterocycles. The first-order valence-electron chi connectivity index (χ1n) is 6.68. The summed E-state index contributed by atoms with van der Waals surface area (Å²) < 4.78 is 10.7. The number of hydrogen-bond acceptors (Lipinski definition) is 2. The van der Waals surface area contributed by atoms with E-state index in [-0.39, 0.29) is 0 Å². The Morgan fingerprint density at radius 2 is 1.58 bits per heavy atom. The Morgan fingerprint density at radius 3 is 2.16 bits per heavy atom. The van der Waals surface area contributed by atoms with Gasteiger partial charge in [-0.25, -0.2) is 0 Å². The van der Waals surface area contributed by atoms with Crippen LogP contribution in [-0.4, -0.2) is 19.3 Å². The monoisotopic (exact) mass is 254 g/mol. The SMILES string of the molecule is Cc1ccc(Cc2ccc(OCC3CO3)cc2)cc1. The van der Waals surface area contributed by atoms with E-state index in [1.165, 1.54) is 16.7 Å². The van der Waals surface area contributed by atoms with Crippen LogP contribution in [0.3, 0.4) is 0 Å². The van der Waals surface area contributed by atoms with E-state index >= 15 is 0 Å². The Balaban J connectivity index is 1.59. The van der Waals surface area contributed by atoms with E-state index in [9.17, 15) is 0 Å². The Morgan fingerprint density at radius 1 is 1.00 bits per heavy atom. The molecule has 1 saturated heterocycles. The molecule has 0 spiro atoms. The van der Waals surface area contributed by atoms with Crippen LogP contribution in [0.15, 0.2) is 48.5 Å². The molecule has 0 bridgehead atoms. The Kier molecular flexibility index (Phi) is 3.51. The number of epoxide rings is 1. The summed E-state index contributed by atoms with van der Waals surface area (Å²) in [7, 11) is 0. The molecule has 0 aliphatic carbocycles. The fourth-order valence-electron chi connectivity index (χ4n) is 2.00. The molecule has 2 aromatic carbocycles. The number of hydrogen-bond donors (Lipinski definition) is 0. The van der Waals surface area contributed by atoms with Gasteiger partial charge < -0.3 is 9.47 Å². The molecular weight excluding hydrogens is 236 g/mol. The minimum atomic E-state index is 0.312. The lowest BCUT2D eigenvalue weighted by Crippen LogP contribution is -2.03. The molecule has 2 nitrogen and oxygen atoms in total. The van der Waals surface area contributed by atoms with Gasteiger partial charge in [0, 0.05) is 0 Å². The molecule has 19 heavy (non-hydrogen) atoms. The van der Waals surface area contributed by atoms with Crippen LogP contribution in [0.25, 0.3) is 0 Å². The first-order chi connectivity index (χ1) is 9.29. The van der Waals surface area contributed by atoms with Crippen molar-refractivity contribution in [1.82, 2.24) is 0 Å². The third kappa shape index (κ3) is 3.58. The van der Waals surface area contributed by atoms with E-state index < -0.39 is 0 Å². The van der Waals surface area contributed by atoms with Gasteiger partial charge >= 0.3 is 0 Å². The van der Waals surface area contributed by atoms with E-state index in [0.29, 0.717) is 12.7 Å². The zero-order chi connectivity index (χ0) is 13.1. The first kappa shape index (κ1) is 12.2. The summed E-state index contributed by atoms with van der Waals surface area (Å²) >= 11 is 0. The van der Waals surface area contributed by atoms with Crippen LogP contribution in [-0.2, 0) is 11.2 Å². The molecule has 1 atom stereocenters. The quantitative estimate of drug-likeness (QED) is 0.763. The highest BCUT2D eigenvalue weighted by Gasteiger charge is 2.22. The van der Waals surface area contributed by atoms with Crippen LogP contribution in [0.2, 0.25) is 0 Å². The van der Waals surface area contributed by atoms with Crippen molar-refractivity contribution >= 4 is 0 Å². The van der Waals surface area contributed by atoms with E-state index in [1.54, 1.807) is 0 Å². The summed E-state index contributed by atoms with van der Waals surface area (Å²) in [5, 5.41) is 0. The van der Waals surface area contributed by atoms with Crippen molar-refractivity contribution in [2.75, 3.05) is 13.2 Å². The van der Waals surface area contributed by atoms with Gasteiger partial charge in [-0.1, -0.05) is 42.0 Å². The molecule has 0 N–H and O–H groups in total. The van der Waals surface area contributed by atoms with Crippen molar-refractivity contribution < 1.29 is 9.47 Å². The molecule has 2 aromatic rings. The predicted molar refractivity (Wildman–Crippen MR) is 75.7 cm³/mol. The van der Waals surface area contributed by atoms with Crippen molar-refractivity contribution in [2.24, 2.45) is 0 Å². The smallest absolute Gasteiger partial charge is 0.119 e. The van der Waals surface area contributed by atoms with Crippen LogP contribution in [0, 0.1) is 6.92 Å². The number of aryl methyl sites for hydroxylation is 1. The highest BCUT2D eigenvalue weighted by Crippen LogP contribution is 2.17. The predicted octanol–water partition coefficient (Wildman–Crippen LogP) is 3.36. The molecule has 1 aliphatic rings. The zero-order valence-electron chi connectivity index (χ0n) is 11.1. The van der Waals surface area contributed by atoms with Gasteiger partial charge in [-0.3, -0.25) is 0 Å². The average molecular weight is 254 g/mol. The summed E-state index contributed by atoms with van der Waals surface area (Å²) in [5.41, 5.74) is 3.94. The molecule has 0 saturated carbocycles. The van der Waals surface area contributed by atoms with E-state index in [0.717, 1.165) is 18.8 Å². The Bertz CT molecular complexity index is 524. The molecule has 3 rings (SSSR count). The zero-order valence-corrected chi connectivity index (χ0v) is 11.1. The molecule has 1 aliphatic heterocycles. The van der Waals surface area contributed by atoms with Crippen molar-refractivity contribution in [3.05, 3.63) is 65.2 Å². The summed E-state index contributed by atoms with van der Waals surface area (Å²) in [5.74, 6) is 0.920. The molecule has 0 radical (unpaired) electrons. The number of benzene rings is 2. The Hall–Kier alpha value is -1.80. The van der Waals surface area contributed by atoms with Gasteiger partial charge in [0.15, 0.2) is 0 Å². The summed E-state index contributed by atoms with van der Waals surface area (Å²) in [6, 6.07) is 17.0. The second-order valence-electron chi connectivity index (χ2n) is 5.07. The molecule has 1 heterocycles. The maximum absolute atomic E-state index is 5.63. The molecule has 1 fully saturated rings. The average Bonchev–Trinajstić information content (AvgIpc) is 3.25. The third-order valence-corrected chi connectivity index (χ3v) is 3.29. The molecular formula is C17H18O2. The van der Waals surface area contributed by atoms with Gasteiger partial charge in [0.2, 0.25) is 0 Å². The molecule has 2 heteroatoms. The lowest BCUT2D eigenvalue weighted by molar-refractivity contribution is 0.263. The van der Waals surface area contributed by atoms with Gasteiger partial charge in [-0.05, 0) is 36.6 Å². The highest BCUT2D eigenvalue weighted by atomic mass is 16.6. The minimum Gasteiger partial charge on any atom is -0.491 e. The van der Waals surface area contributed by atoms with Crippen LogP contribution < -0.4 is 4.74 Å². The summed E-state index contributed by atoms with van der Waals surface area (Å²) in [6.45, 7) is 3.61. The number of rotatable bonds is 5. The van der Waals surface area contributed by atoms with E-state index in [1.807, 2.05) is 12.1 Å². The molecule has 1 unspecified atom stereocenters. The highest BCUT2D eigenvalue weighted by molar-refractivity contribution is 5.32. The second-order valence-corrected chi connectivity index (χ2v) is 5.07. The second kappa shape index (κ2) is 5.45. The molecule has 0 amide bonds. The van der Waals surface area contributed by atoms with Crippen LogP contribution in [0.5, 0.6) is 5.75 Å². The fraction of sp³-hybridized carbons (Fsp3) is 0.294. The molecule has 98 valence electrons. The van der Waals surface area contributed by atoms with Gasteiger partial charge in [0.05, 0.1) is 6.61 Å². The number of ether oxygens (including phenoxy) is 2. The lowest BCUT2D eigenvalue weighted by Gasteiger charge is -2.06. The first-order valence-corrected chi connectivity index (χ1v) is 6.68. The fourth-order valence-corrected chi connectivity index (χ4v) is 2.00. The largest absolute Gasteiger partial charge is 0.491 e.